The quantitative estimate of drug-likeness (QED) is 0.530. The van der Waals surface area contributed by atoms with Crippen molar-refractivity contribution < 1.29 is 14.3 Å². The molecule has 0 heterocycles. The van der Waals surface area contributed by atoms with E-state index in [0.717, 1.165) is 6.42 Å². The highest BCUT2D eigenvalue weighted by Crippen LogP contribution is 2.33. The highest BCUT2D eigenvalue weighted by atomic mass is 16.6. The predicted octanol–water partition coefficient (Wildman–Crippen LogP) is 2.40. The van der Waals surface area contributed by atoms with Gasteiger partial charge in [-0.2, -0.15) is 0 Å². The smallest absolute Gasteiger partial charge is 0.333 e. The average Bonchev–Trinajstić information content (AvgIpc) is 2.21. The molecule has 1 saturated carbocycles. The van der Waals surface area contributed by atoms with Gasteiger partial charge in [-0.25, -0.2) is 4.79 Å². The van der Waals surface area contributed by atoms with E-state index in [9.17, 15) is 9.59 Å². The molecular weight excluding hydrogens is 192 g/mol. The third-order valence-corrected chi connectivity index (χ3v) is 3.02. The van der Waals surface area contributed by atoms with Gasteiger partial charge in [-0.15, -0.1) is 0 Å². The van der Waals surface area contributed by atoms with Crippen LogP contribution in [-0.2, 0) is 14.3 Å². The summed E-state index contributed by atoms with van der Waals surface area (Å²) in [6.07, 6.45) is 3.12. The minimum Gasteiger partial charge on any atom is -0.456 e. The van der Waals surface area contributed by atoms with E-state index in [1.165, 1.54) is 0 Å². The number of carbonyl (C=O) groups excluding carboxylic acids is 2. The summed E-state index contributed by atoms with van der Waals surface area (Å²) in [5.41, 5.74) is -0.0102. The van der Waals surface area contributed by atoms with Crippen LogP contribution >= 0.6 is 0 Å². The first kappa shape index (κ1) is 12.0. The molecule has 0 saturated heterocycles. The maximum atomic E-state index is 11.4. The Labute approximate surface area is 90.5 Å². The second-order valence-electron chi connectivity index (χ2n) is 4.25. The van der Waals surface area contributed by atoms with E-state index < -0.39 is 5.60 Å². The van der Waals surface area contributed by atoms with E-state index >= 15 is 0 Å². The Balaban J connectivity index is 2.65. The summed E-state index contributed by atoms with van der Waals surface area (Å²) in [4.78, 5) is 22.6. The summed E-state index contributed by atoms with van der Waals surface area (Å²) in [5, 5.41) is 0. The lowest BCUT2D eigenvalue weighted by Gasteiger charge is -2.35. The largest absolute Gasteiger partial charge is 0.456 e. The first-order chi connectivity index (χ1) is 6.99. The standard InChI is InChI=1S/C12H18O3/c1-4-12(15-11(14)9(2)3)7-5-10(13)6-8-12/h2,4-8H2,1,3H3. The third kappa shape index (κ3) is 2.91. The first-order valence-electron chi connectivity index (χ1n) is 5.39. The fraction of sp³-hybridized carbons (Fsp3) is 0.667. The summed E-state index contributed by atoms with van der Waals surface area (Å²) in [6.45, 7) is 7.19. The molecule has 0 unspecified atom stereocenters. The molecule has 0 aromatic heterocycles. The van der Waals surface area contributed by atoms with E-state index in [-0.39, 0.29) is 11.8 Å². The van der Waals surface area contributed by atoms with Gasteiger partial charge in [-0.1, -0.05) is 13.5 Å². The van der Waals surface area contributed by atoms with Crippen LogP contribution in [0.4, 0.5) is 0 Å². The van der Waals surface area contributed by atoms with Crippen LogP contribution in [-0.4, -0.2) is 17.4 Å². The second kappa shape index (κ2) is 4.60. The number of esters is 1. The van der Waals surface area contributed by atoms with Crippen LogP contribution in [0.3, 0.4) is 0 Å². The highest BCUT2D eigenvalue weighted by molar-refractivity contribution is 5.87. The van der Waals surface area contributed by atoms with Crippen molar-refractivity contribution in [3.63, 3.8) is 0 Å². The van der Waals surface area contributed by atoms with Gasteiger partial charge in [0.25, 0.3) is 0 Å². The highest BCUT2D eigenvalue weighted by Gasteiger charge is 2.36. The molecule has 0 aromatic rings. The van der Waals surface area contributed by atoms with Crippen LogP contribution in [0.15, 0.2) is 12.2 Å². The Morgan fingerprint density at radius 1 is 1.47 bits per heavy atom. The zero-order chi connectivity index (χ0) is 11.5. The van der Waals surface area contributed by atoms with Gasteiger partial charge in [0.15, 0.2) is 0 Å². The van der Waals surface area contributed by atoms with E-state index in [4.69, 9.17) is 4.74 Å². The van der Waals surface area contributed by atoms with Gasteiger partial charge < -0.3 is 4.74 Å². The van der Waals surface area contributed by atoms with Crippen LogP contribution in [0.5, 0.6) is 0 Å². The molecule has 1 rings (SSSR count). The summed E-state index contributed by atoms with van der Waals surface area (Å²) in [7, 11) is 0. The van der Waals surface area contributed by atoms with Crippen molar-refractivity contribution in [2.75, 3.05) is 0 Å². The minimum atomic E-state index is -0.427. The molecule has 0 amide bonds. The van der Waals surface area contributed by atoms with Gasteiger partial charge in [0, 0.05) is 18.4 Å². The lowest BCUT2D eigenvalue weighted by atomic mass is 9.82. The molecule has 1 fully saturated rings. The number of carbonyl (C=O) groups is 2. The molecule has 0 aliphatic heterocycles. The van der Waals surface area contributed by atoms with Crippen molar-refractivity contribution in [3.05, 3.63) is 12.2 Å². The molecule has 0 spiro atoms. The van der Waals surface area contributed by atoms with Crippen molar-refractivity contribution in [2.45, 2.75) is 51.6 Å². The van der Waals surface area contributed by atoms with Crippen LogP contribution in [0.1, 0.15) is 46.0 Å². The van der Waals surface area contributed by atoms with Gasteiger partial charge in [0.05, 0.1) is 0 Å². The Hall–Kier alpha value is -1.12. The fourth-order valence-corrected chi connectivity index (χ4v) is 1.80. The Morgan fingerprint density at radius 3 is 2.40 bits per heavy atom. The number of ketones is 1. The molecule has 15 heavy (non-hydrogen) atoms. The number of ether oxygens (including phenoxy) is 1. The number of Topliss-reactive ketones (excluding diaryl/α,β-unsaturated/α-hetero) is 1. The zero-order valence-corrected chi connectivity index (χ0v) is 9.47. The molecule has 0 atom stereocenters. The Bertz CT molecular complexity index is 281. The van der Waals surface area contributed by atoms with Gasteiger partial charge in [0.2, 0.25) is 0 Å². The molecule has 0 aromatic carbocycles. The summed E-state index contributed by atoms with van der Waals surface area (Å²) in [5.74, 6) is -0.0725. The maximum Gasteiger partial charge on any atom is 0.333 e. The molecule has 0 radical (unpaired) electrons. The second-order valence-corrected chi connectivity index (χ2v) is 4.25. The van der Waals surface area contributed by atoms with Gasteiger partial charge >= 0.3 is 5.97 Å². The van der Waals surface area contributed by atoms with Crippen LogP contribution < -0.4 is 0 Å². The minimum absolute atomic E-state index is 0.269. The first-order valence-corrected chi connectivity index (χ1v) is 5.39. The molecule has 1 aliphatic carbocycles. The van der Waals surface area contributed by atoms with Crippen LogP contribution in [0, 0.1) is 0 Å². The molecule has 1 aliphatic rings. The molecule has 3 nitrogen and oxygen atoms in total. The summed E-state index contributed by atoms with van der Waals surface area (Å²) >= 11 is 0. The molecule has 0 N–H and O–H groups in total. The van der Waals surface area contributed by atoms with Crippen molar-refractivity contribution in [2.24, 2.45) is 0 Å². The normalized spacial score (nSPS) is 19.7. The summed E-state index contributed by atoms with van der Waals surface area (Å²) in [6, 6.07) is 0. The summed E-state index contributed by atoms with van der Waals surface area (Å²) < 4.78 is 5.45. The van der Waals surface area contributed by atoms with E-state index in [1.54, 1.807) is 6.92 Å². The topological polar surface area (TPSA) is 43.4 Å². The van der Waals surface area contributed by atoms with E-state index in [0.29, 0.717) is 31.3 Å². The number of rotatable bonds is 3. The third-order valence-electron chi connectivity index (χ3n) is 3.02. The van der Waals surface area contributed by atoms with Crippen molar-refractivity contribution in [1.29, 1.82) is 0 Å². The monoisotopic (exact) mass is 210 g/mol. The van der Waals surface area contributed by atoms with Gasteiger partial charge in [-0.3, -0.25) is 4.79 Å². The van der Waals surface area contributed by atoms with Crippen molar-refractivity contribution >= 4 is 11.8 Å². The Morgan fingerprint density at radius 2 is 2.00 bits per heavy atom. The van der Waals surface area contributed by atoms with E-state index in [1.807, 2.05) is 6.92 Å². The number of hydrogen-bond donors (Lipinski definition) is 0. The number of hydrogen-bond acceptors (Lipinski definition) is 3. The fourth-order valence-electron chi connectivity index (χ4n) is 1.80. The molecular formula is C12H18O3. The predicted molar refractivity (Wildman–Crippen MR) is 57.4 cm³/mol. The van der Waals surface area contributed by atoms with Crippen molar-refractivity contribution in [1.82, 2.24) is 0 Å². The van der Waals surface area contributed by atoms with Crippen LogP contribution in [0.25, 0.3) is 0 Å². The molecule has 0 bridgehead atoms. The average molecular weight is 210 g/mol. The van der Waals surface area contributed by atoms with Crippen LogP contribution in [0.2, 0.25) is 0 Å². The maximum absolute atomic E-state index is 11.4. The zero-order valence-electron chi connectivity index (χ0n) is 9.47. The van der Waals surface area contributed by atoms with Crippen molar-refractivity contribution in [3.8, 4) is 0 Å². The lowest BCUT2D eigenvalue weighted by Crippen LogP contribution is -2.38. The lowest BCUT2D eigenvalue weighted by molar-refractivity contribution is -0.160. The van der Waals surface area contributed by atoms with Gasteiger partial charge in [0.1, 0.15) is 11.4 Å². The van der Waals surface area contributed by atoms with Gasteiger partial charge in [-0.05, 0) is 26.2 Å². The van der Waals surface area contributed by atoms with E-state index in [2.05, 4.69) is 6.58 Å². The SMILES string of the molecule is C=C(C)C(=O)OC1(CC)CCC(=O)CC1. The molecule has 84 valence electrons. The molecule has 3 heteroatoms. The Kier molecular flexibility index (Phi) is 3.66.